The van der Waals surface area contributed by atoms with Crippen molar-refractivity contribution in [3.8, 4) is 0 Å². The van der Waals surface area contributed by atoms with Gasteiger partial charge in [0, 0.05) is 6.54 Å². The first-order valence-electron chi connectivity index (χ1n) is 7.98. The molecule has 9 heteroatoms. The fourth-order valence-corrected chi connectivity index (χ4v) is 2.77. The topological polar surface area (TPSA) is 73.2 Å². The highest BCUT2D eigenvalue weighted by atomic mass is 35.5. The molecular formula is C17H18Cl2FN3O3. The lowest BCUT2D eigenvalue weighted by Gasteiger charge is -2.08. The van der Waals surface area contributed by atoms with Crippen molar-refractivity contribution in [2.75, 3.05) is 11.9 Å². The van der Waals surface area contributed by atoms with Crippen LogP contribution in [0.5, 0.6) is 0 Å². The molecule has 0 aliphatic heterocycles. The van der Waals surface area contributed by atoms with E-state index >= 15 is 0 Å². The van der Waals surface area contributed by atoms with Crippen molar-refractivity contribution in [3.63, 3.8) is 0 Å². The number of amides is 1. The van der Waals surface area contributed by atoms with Crippen molar-refractivity contribution < 1.29 is 18.7 Å². The minimum Gasteiger partial charge on any atom is -0.452 e. The lowest BCUT2D eigenvalue weighted by atomic mass is 10.2. The van der Waals surface area contributed by atoms with Gasteiger partial charge < -0.3 is 10.1 Å². The van der Waals surface area contributed by atoms with E-state index in [0.717, 1.165) is 25.0 Å². The molecule has 0 bridgehead atoms. The van der Waals surface area contributed by atoms with Crippen LogP contribution < -0.4 is 5.32 Å². The number of nitrogens with zero attached hydrogens (tertiary/aromatic N) is 2. The van der Waals surface area contributed by atoms with E-state index < -0.39 is 24.3 Å². The predicted octanol–water partition coefficient (Wildman–Crippen LogP) is 4.23. The maximum absolute atomic E-state index is 13.0. The summed E-state index contributed by atoms with van der Waals surface area (Å²) in [5.41, 5.74) is 0.782. The average Bonchev–Trinajstić information content (AvgIpc) is 2.87. The molecular weight excluding hydrogens is 384 g/mol. The number of hydrogen-bond donors (Lipinski definition) is 1. The van der Waals surface area contributed by atoms with E-state index in [1.165, 1.54) is 10.7 Å². The summed E-state index contributed by atoms with van der Waals surface area (Å²) in [4.78, 5) is 24.1. The van der Waals surface area contributed by atoms with Gasteiger partial charge in [0.05, 0.1) is 16.4 Å². The van der Waals surface area contributed by atoms with Crippen LogP contribution in [0, 0.1) is 12.7 Å². The zero-order valence-corrected chi connectivity index (χ0v) is 15.8. The molecule has 1 aromatic carbocycles. The van der Waals surface area contributed by atoms with Gasteiger partial charge >= 0.3 is 5.97 Å². The smallest absolute Gasteiger partial charge is 0.343 e. The quantitative estimate of drug-likeness (QED) is 0.704. The van der Waals surface area contributed by atoms with Crippen LogP contribution in [0.3, 0.4) is 0 Å². The number of hydrogen-bond acceptors (Lipinski definition) is 4. The van der Waals surface area contributed by atoms with Gasteiger partial charge in [-0.25, -0.2) is 9.18 Å². The second kappa shape index (κ2) is 9.00. The number of aromatic nitrogens is 2. The van der Waals surface area contributed by atoms with Gasteiger partial charge in [-0.15, -0.1) is 0 Å². The summed E-state index contributed by atoms with van der Waals surface area (Å²) in [7, 11) is 0. The molecule has 0 radical (unpaired) electrons. The van der Waals surface area contributed by atoms with Gasteiger partial charge in [0.1, 0.15) is 16.5 Å². The molecule has 1 heterocycles. The Hall–Kier alpha value is -2.12. The van der Waals surface area contributed by atoms with Crippen LogP contribution in [0.25, 0.3) is 0 Å². The number of ether oxygens (including phenoxy) is 1. The molecule has 26 heavy (non-hydrogen) atoms. The third kappa shape index (κ3) is 4.95. The Kier molecular flexibility index (Phi) is 6.99. The molecule has 1 amide bonds. The highest BCUT2D eigenvalue weighted by Crippen LogP contribution is 2.23. The lowest BCUT2D eigenvalue weighted by molar-refractivity contribution is -0.119. The van der Waals surface area contributed by atoms with Crippen LogP contribution in [0.2, 0.25) is 10.2 Å². The summed E-state index contributed by atoms with van der Waals surface area (Å²) in [5.74, 6) is -1.88. The number of nitrogens with one attached hydrogen (secondary N) is 1. The largest absolute Gasteiger partial charge is 0.452 e. The first kappa shape index (κ1) is 20.2. The van der Waals surface area contributed by atoms with Crippen molar-refractivity contribution >= 4 is 40.8 Å². The molecule has 6 nitrogen and oxygen atoms in total. The van der Waals surface area contributed by atoms with Gasteiger partial charge in [-0.05, 0) is 31.5 Å². The minimum absolute atomic E-state index is 0.0424. The van der Waals surface area contributed by atoms with E-state index in [4.69, 9.17) is 27.9 Å². The maximum Gasteiger partial charge on any atom is 0.343 e. The van der Waals surface area contributed by atoms with Gasteiger partial charge in [0.15, 0.2) is 6.61 Å². The number of unbranched alkanes of at least 4 members (excludes halogenated alkanes) is 1. The molecule has 1 N–H and O–H groups in total. The molecule has 0 atom stereocenters. The van der Waals surface area contributed by atoms with Crippen molar-refractivity contribution in [2.45, 2.75) is 33.2 Å². The maximum atomic E-state index is 13.0. The standard InChI is InChI=1S/C17H18Cl2FN3O3/c1-3-4-7-23-16(19)15(10(2)22-23)17(25)26-9-14(24)21-13-6-5-11(20)8-12(13)18/h5-6,8H,3-4,7,9H2,1-2H3,(H,21,24). The summed E-state index contributed by atoms with van der Waals surface area (Å²) in [6.45, 7) is 3.73. The van der Waals surface area contributed by atoms with Gasteiger partial charge in [-0.3, -0.25) is 9.48 Å². The lowest BCUT2D eigenvalue weighted by Crippen LogP contribution is -2.21. The van der Waals surface area contributed by atoms with Gasteiger partial charge in [0.2, 0.25) is 0 Å². The van der Waals surface area contributed by atoms with Crippen LogP contribution in [-0.4, -0.2) is 28.3 Å². The summed E-state index contributed by atoms with van der Waals surface area (Å²) in [6.07, 6.45) is 1.83. The zero-order valence-electron chi connectivity index (χ0n) is 14.3. The average molecular weight is 402 g/mol. The van der Waals surface area contributed by atoms with Crippen molar-refractivity contribution in [1.82, 2.24) is 9.78 Å². The van der Waals surface area contributed by atoms with Crippen molar-refractivity contribution in [1.29, 1.82) is 0 Å². The number of rotatable bonds is 7. The summed E-state index contributed by atoms with van der Waals surface area (Å²) >= 11 is 12.0. The van der Waals surface area contributed by atoms with Gasteiger partial charge in [0.25, 0.3) is 5.91 Å². The van der Waals surface area contributed by atoms with E-state index in [9.17, 15) is 14.0 Å². The Balaban J connectivity index is 1.98. The van der Waals surface area contributed by atoms with Crippen LogP contribution >= 0.6 is 23.2 Å². The molecule has 0 aliphatic carbocycles. The Morgan fingerprint density at radius 3 is 2.73 bits per heavy atom. The molecule has 2 rings (SSSR count). The molecule has 0 saturated heterocycles. The normalized spacial score (nSPS) is 10.7. The summed E-state index contributed by atoms with van der Waals surface area (Å²) in [5, 5.41) is 6.88. The first-order valence-corrected chi connectivity index (χ1v) is 8.74. The SMILES string of the molecule is CCCCn1nc(C)c(C(=O)OCC(=O)Nc2ccc(F)cc2Cl)c1Cl. The fraction of sp³-hybridized carbons (Fsp3) is 0.353. The predicted molar refractivity (Wildman–Crippen MR) is 97.2 cm³/mol. The third-order valence-electron chi connectivity index (χ3n) is 3.53. The number of esters is 1. The fourth-order valence-electron chi connectivity index (χ4n) is 2.22. The number of benzene rings is 1. The Morgan fingerprint density at radius 1 is 1.35 bits per heavy atom. The number of halogens is 3. The second-order valence-electron chi connectivity index (χ2n) is 5.58. The van der Waals surface area contributed by atoms with E-state index in [1.54, 1.807) is 6.92 Å². The van der Waals surface area contributed by atoms with Crippen molar-refractivity contribution in [2.24, 2.45) is 0 Å². The van der Waals surface area contributed by atoms with Crippen molar-refractivity contribution in [3.05, 3.63) is 45.4 Å². The van der Waals surface area contributed by atoms with Crippen LogP contribution in [0.4, 0.5) is 10.1 Å². The molecule has 0 fully saturated rings. The van der Waals surface area contributed by atoms with Gasteiger partial charge in [-0.1, -0.05) is 36.5 Å². The molecule has 1 aromatic heterocycles. The van der Waals surface area contributed by atoms with E-state index in [2.05, 4.69) is 10.4 Å². The van der Waals surface area contributed by atoms with E-state index in [-0.39, 0.29) is 21.4 Å². The molecule has 0 aliphatic rings. The highest BCUT2D eigenvalue weighted by molar-refractivity contribution is 6.34. The second-order valence-corrected chi connectivity index (χ2v) is 6.34. The van der Waals surface area contributed by atoms with E-state index in [1.807, 2.05) is 6.92 Å². The zero-order chi connectivity index (χ0) is 19.3. The van der Waals surface area contributed by atoms with Crippen LogP contribution in [0.15, 0.2) is 18.2 Å². The summed E-state index contributed by atoms with van der Waals surface area (Å²) < 4.78 is 19.5. The molecule has 140 valence electrons. The van der Waals surface area contributed by atoms with Crippen LogP contribution in [0.1, 0.15) is 35.8 Å². The third-order valence-corrected chi connectivity index (χ3v) is 4.23. The first-order chi connectivity index (χ1) is 12.3. The Morgan fingerprint density at radius 2 is 2.08 bits per heavy atom. The molecule has 0 spiro atoms. The van der Waals surface area contributed by atoms with Crippen LogP contribution in [-0.2, 0) is 16.1 Å². The number of anilines is 1. The highest BCUT2D eigenvalue weighted by Gasteiger charge is 2.22. The molecule has 0 saturated carbocycles. The minimum atomic E-state index is -0.740. The summed E-state index contributed by atoms with van der Waals surface area (Å²) in [6, 6.07) is 3.54. The number of aryl methyl sites for hydroxylation is 2. The van der Waals surface area contributed by atoms with E-state index in [0.29, 0.717) is 12.2 Å². The Bertz CT molecular complexity index is 824. The number of carbonyl (C=O) groups excluding carboxylic acids is 2. The molecule has 2 aromatic rings. The monoisotopic (exact) mass is 401 g/mol. The Labute approximate surface area is 160 Å². The number of carbonyl (C=O) groups is 2. The molecule has 0 unspecified atom stereocenters. The van der Waals surface area contributed by atoms with Gasteiger partial charge in [-0.2, -0.15) is 5.10 Å².